The maximum atomic E-state index is 12.6. The van der Waals surface area contributed by atoms with Gasteiger partial charge >= 0.3 is 0 Å². The van der Waals surface area contributed by atoms with Gasteiger partial charge in [0.2, 0.25) is 0 Å². The molecule has 0 amide bonds. The number of aromatic amines is 1. The number of aromatic nitrogens is 2. The van der Waals surface area contributed by atoms with Gasteiger partial charge in [0.1, 0.15) is 11.4 Å². The second-order valence-corrected chi connectivity index (χ2v) is 6.42. The number of hydrogen-bond donors (Lipinski definition) is 1. The van der Waals surface area contributed by atoms with Gasteiger partial charge in [0, 0.05) is 22.7 Å². The third kappa shape index (κ3) is 1.57. The lowest BCUT2D eigenvalue weighted by Gasteiger charge is -2.10. The van der Waals surface area contributed by atoms with Gasteiger partial charge in [-0.15, -0.1) is 0 Å². The van der Waals surface area contributed by atoms with E-state index in [1.807, 2.05) is 13.0 Å². The van der Waals surface area contributed by atoms with Crippen molar-refractivity contribution in [3.8, 4) is 5.75 Å². The summed E-state index contributed by atoms with van der Waals surface area (Å²) in [5.74, 6) is 0.592. The van der Waals surface area contributed by atoms with Gasteiger partial charge in [-0.05, 0) is 43.4 Å². The Bertz CT molecular complexity index is 1060. The van der Waals surface area contributed by atoms with E-state index in [4.69, 9.17) is 4.74 Å². The largest absolute Gasteiger partial charge is 0.493 e. The van der Waals surface area contributed by atoms with E-state index in [1.54, 1.807) is 6.20 Å². The molecular formula is C19H16N2O3. The highest BCUT2D eigenvalue weighted by molar-refractivity contribution is 6.33. The number of benzene rings is 1. The van der Waals surface area contributed by atoms with Crippen LogP contribution in [0.1, 0.15) is 51.6 Å². The van der Waals surface area contributed by atoms with Gasteiger partial charge in [-0.25, -0.2) is 4.98 Å². The molecule has 120 valence electrons. The SMILES string of the molecule is CCOc1ccnc2[nH]c3c4c(c5c(c3c12)C(=O)CC5=O)CCC4. The predicted octanol–water partition coefficient (Wildman–Crippen LogP) is 3.37. The molecule has 5 rings (SSSR count). The van der Waals surface area contributed by atoms with Crippen molar-refractivity contribution in [2.24, 2.45) is 0 Å². The van der Waals surface area contributed by atoms with Crippen molar-refractivity contribution in [2.75, 3.05) is 6.61 Å². The van der Waals surface area contributed by atoms with E-state index in [-0.39, 0.29) is 18.0 Å². The van der Waals surface area contributed by atoms with E-state index in [0.29, 0.717) is 29.1 Å². The molecule has 2 aliphatic carbocycles. The Morgan fingerprint density at radius 2 is 1.92 bits per heavy atom. The normalized spacial score (nSPS) is 16.2. The maximum Gasteiger partial charge on any atom is 0.172 e. The molecule has 2 aromatic heterocycles. The van der Waals surface area contributed by atoms with E-state index in [1.165, 1.54) is 5.56 Å². The van der Waals surface area contributed by atoms with E-state index in [0.717, 1.165) is 41.1 Å². The van der Waals surface area contributed by atoms with E-state index >= 15 is 0 Å². The first-order chi connectivity index (χ1) is 11.7. The lowest BCUT2D eigenvalue weighted by Crippen LogP contribution is -2.01. The van der Waals surface area contributed by atoms with Crippen LogP contribution in [0.4, 0.5) is 0 Å². The molecule has 5 heteroatoms. The van der Waals surface area contributed by atoms with Gasteiger partial charge in [-0.1, -0.05) is 0 Å². The Balaban J connectivity index is 2.04. The zero-order valence-corrected chi connectivity index (χ0v) is 13.4. The molecule has 2 heterocycles. The van der Waals surface area contributed by atoms with Crippen molar-refractivity contribution in [1.82, 2.24) is 9.97 Å². The van der Waals surface area contributed by atoms with Gasteiger partial charge in [0.05, 0.1) is 23.9 Å². The van der Waals surface area contributed by atoms with Crippen molar-refractivity contribution < 1.29 is 14.3 Å². The molecule has 0 bridgehead atoms. The fraction of sp³-hybridized carbons (Fsp3) is 0.316. The van der Waals surface area contributed by atoms with Crippen LogP contribution in [0.25, 0.3) is 21.9 Å². The second-order valence-electron chi connectivity index (χ2n) is 6.42. The number of Topliss-reactive ketones (excluding diaryl/α,β-unsaturated/α-hetero) is 2. The van der Waals surface area contributed by atoms with Crippen LogP contribution in [0.15, 0.2) is 12.3 Å². The summed E-state index contributed by atoms with van der Waals surface area (Å²) in [5, 5.41) is 1.65. The summed E-state index contributed by atoms with van der Waals surface area (Å²) in [6.45, 7) is 2.46. The van der Waals surface area contributed by atoms with Crippen molar-refractivity contribution in [3.63, 3.8) is 0 Å². The van der Waals surface area contributed by atoms with E-state index < -0.39 is 0 Å². The molecule has 0 radical (unpaired) electrons. The quantitative estimate of drug-likeness (QED) is 0.735. The van der Waals surface area contributed by atoms with Gasteiger partial charge in [-0.3, -0.25) is 9.59 Å². The smallest absolute Gasteiger partial charge is 0.172 e. The number of ketones is 2. The maximum absolute atomic E-state index is 12.6. The van der Waals surface area contributed by atoms with Crippen LogP contribution < -0.4 is 4.74 Å². The number of pyridine rings is 1. The van der Waals surface area contributed by atoms with Crippen LogP contribution in [-0.2, 0) is 12.8 Å². The van der Waals surface area contributed by atoms with Crippen LogP contribution in [0.3, 0.4) is 0 Å². The number of fused-ring (bicyclic) bond motifs is 8. The molecular weight excluding hydrogens is 304 g/mol. The third-order valence-electron chi connectivity index (χ3n) is 5.16. The molecule has 3 aromatic rings. The number of hydrogen-bond acceptors (Lipinski definition) is 4. The molecule has 0 saturated heterocycles. The summed E-state index contributed by atoms with van der Waals surface area (Å²) >= 11 is 0. The molecule has 2 aliphatic rings. The average molecular weight is 320 g/mol. The van der Waals surface area contributed by atoms with Crippen LogP contribution in [0, 0.1) is 0 Å². The molecule has 0 saturated carbocycles. The number of H-pyrrole nitrogens is 1. The third-order valence-corrected chi connectivity index (χ3v) is 5.16. The Morgan fingerprint density at radius 3 is 2.75 bits per heavy atom. The van der Waals surface area contributed by atoms with E-state index in [2.05, 4.69) is 9.97 Å². The standard InChI is InChI=1S/C19H16N2O3/c1-2-24-13-6-7-20-19-16(13)17-15-12(23)8-11(22)14(15)9-4-3-5-10(9)18(17)21-19/h6-7H,2-5,8H2,1H3,(H,20,21). The number of carbonyl (C=O) groups excluding carboxylic acids is 2. The molecule has 1 N–H and O–H groups in total. The first-order valence-electron chi connectivity index (χ1n) is 8.38. The minimum absolute atomic E-state index is 0.0161. The Morgan fingerprint density at radius 1 is 1.12 bits per heavy atom. The monoisotopic (exact) mass is 320 g/mol. The minimum Gasteiger partial charge on any atom is -0.493 e. The molecule has 0 aliphatic heterocycles. The average Bonchev–Trinajstić information content (AvgIpc) is 3.23. The number of nitrogens with zero attached hydrogens (tertiary/aromatic N) is 1. The van der Waals surface area contributed by atoms with Gasteiger partial charge < -0.3 is 9.72 Å². The van der Waals surface area contributed by atoms with Crippen molar-refractivity contribution in [2.45, 2.75) is 32.6 Å². The molecule has 0 unspecified atom stereocenters. The lowest BCUT2D eigenvalue weighted by atomic mass is 9.94. The predicted molar refractivity (Wildman–Crippen MR) is 90.1 cm³/mol. The van der Waals surface area contributed by atoms with Crippen molar-refractivity contribution in [1.29, 1.82) is 0 Å². The molecule has 24 heavy (non-hydrogen) atoms. The van der Waals surface area contributed by atoms with Gasteiger partial charge in [0.15, 0.2) is 11.6 Å². The molecule has 0 atom stereocenters. The highest BCUT2D eigenvalue weighted by atomic mass is 16.5. The number of nitrogens with one attached hydrogen (secondary N) is 1. The van der Waals surface area contributed by atoms with Crippen LogP contribution in [-0.4, -0.2) is 28.1 Å². The summed E-state index contributed by atoms with van der Waals surface area (Å²) in [4.78, 5) is 32.9. The number of ether oxygens (including phenoxy) is 1. The molecule has 5 nitrogen and oxygen atoms in total. The minimum atomic E-state index is -0.0816. The molecule has 0 spiro atoms. The summed E-state index contributed by atoms with van der Waals surface area (Å²) in [7, 11) is 0. The summed E-state index contributed by atoms with van der Waals surface area (Å²) in [6, 6.07) is 1.82. The van der Waals surface area contributed by atoms with Crippen LogP contribution in [0.5, 0.6) is 5.75 Å². The summed E-state index contributed by atoms with van der Waals surface area (Å²) in [6.07, 6.45) is 4.50. The highest BCUT2D eigenvalue weighted by Gasteiger charge is 2.37. The van der Waals surface area contributed by atoms with Crippen LogP contribution >= 0.6 is 0 Å². The summed E-state index contributed by atoms with van der Waals surface area (Å²) < 4.78 is 5.77. The zero-order chi connectivity index (χ0) is 16.4. The topological polar surface area (TPSA) is 72.0 Å². The fourth-order valence-corrected chi connectivity index (χ4v) is 4.32. The molecule has 0 fully saturated rings. The lowest BCUT2D eigenvalue weighted by molar-refractivity contribution is 0.0923. The first kappa shape index (κ1) is 13.7. The van der Waals surface area contributed by atoms with Gasteiger partial charge in [0.25, 0.3) is 0 Å². The van der Waals surface area contributed by atoms with Crippen LogP contribution in [0.2, 0.25) is 0 Å². The van der Waals surface area contributed by atoms with Crippen molar-refractivity contribution >= 4 is 33.5 Å². The Labute approximate surface area is 138 Å². The zero-order valence-electron chi connectivity index (χ0n) is 13.4. The van der Waals surface area contributed by atoms with E-state index in [9.17, 15) is 9.59 Å². The number of carbonyl (C=O) groups is 2. The number of rotatable bonds is 2. The van der Waals surface area contributed by atoms with Crippen molar-refractivity contribution in [3.05, 3.63) is 34.5 Å². The van der Waals surface area contributed by atoms with Gasteiger partial charge in [-0.2, -0.15) is 0 Å². The fourth-order valence-electron chi connectivity index (χ4n) is 4.32. The Kier molecular flexibility index (Phi) is 2.66. The molecule has 1 aromatic carbocycles. The second kappa shape index (κ2) is 4.66. The number of aryl methyl sites for hydroxylation is 1. The summed E-state index contributed by atoms with van der Waals surface area (Å²) in [5.41, 5.74) is 5.15. The Hall–Kier alpha value is -2.69. The first-order valence-corrected chi connectivity index (χ1v) is 8.38. The highest BCUT2D eigenvalue weighted by Crippen LogP contribution is 2.44.